The van der Waals surface area contributed by atoms with Gasteiger partial charge in [0.25, 0.3) is 5.69 Å². The molecule has 2 rings (SSSR count). The molecule has 1 fully saturated rings. The number of nitrogens with zero attached hydrogens (tertiary/aromatic N) is 2. The molecular weight excluding hydrogens is 234 g/mol. The van der Waals surface area contributed by atoms with Crippen molar-refractivity contribution in [1.29, 1.82) is 0 Å². The molecule has 0 saturated carbocycles. The highest BCUT2D eigenvalue weighted by molar-refractivity contribution is 5.96. The van der Waals surface area contributed by atoms with E-state index in [9.17, 15) is 14.9 Å². The highest BCUT2D eigenvalue weighted by atomic mass is 16.6. The maximum atomic E-state index is 11.7. The van der Waals surface area contributed by atoms with Crippen LogP contribution in [0, 0.1) is 28.4 Å². The standard InChI is InChI=1S/C12H11N3O3/c1-2-8-5-12(16)14(7-8)9-3-4-10(13)11(6-9)15(17)18/h1,3-4,6,8H,5,7,13H2. The van der Waals surface area contributed by atoms with Gasteiger partial charge in [0.15, 0.2) is 0 Å². The summed E-state index contributed by atoms with van der Waals surface area (Å²) in [5.41, 5.74) is 5.83. The van der Waals surface area contributed by atoms with Crippen LogP contribution in [0.2, 0.25) is 0 Å². The second-order valence-electron chi connectivity index (χ2n) is 4.07. The van der Waals surface area contributed by atoms with Gasteiger partial charge in [-0.3, -0.25) is 14.9 Å². The van der Waals surface area contributed by atoms with Crippen LogP contribution in [-0.4, -0.2) is 17.4 Å². The topological polar surface area (TPSA) is 89.5 Å². The molecule has 0 bridgehead atoms. The van der Waals surface area contributed by atoms with Crippen LogP contribution in [0.3, 0.4) is 0 Å². The number of hydrogen-bond acceptors (Lipinski definition) is 4. The number of benzene rings is 1. The van der Waals surface area contributed by atoms with Crippen molar-refractivity contribution >= 4 is 23.0 Å². The molecule has 0 radical (unpaired) electrons. The van der Waals surface area contributed by atoms with Crippen molar-refractivity contribution in [1.82, 2.24) is 0 Å². The van der Waals surface area contributed by atoms with Crippen molar-refractivity contribution in [3.63, 3.8) is 0 Å². The van der Waals surface area contributed by atoms with Crippen LogP contribution >= 0.6 is 0 Å². The molecule has 1 unspecified atom stereocenters. The number of terminal acetylenes is 1. The number of nitro groups is 1. The molecule has 1 aromatic rings. The average Bonchev–Trinajstić information content (AvgIpc) is 2.71. The molecule has 18 heavy (non-hydrogen) atoms. The highest BCUT2D eigenvalue weighted by Crippen LogP contribution is 2.30. The first-order valence-electron chi connectivity index (χ1n) is 5.33. The highest BCUT2D eigenvalue weighted by Gasteiger charge is 2.30. The van der Waals surface area contributed by atoms with E-state index < -0.39 is 4.92 Å². The summed E-state index contributed by atoms with van der Waals surface area (Å²) in [6.45, 7) is 0.385. The molecule has 92 valence electrons. The summed E-state index contributed by atoms with van der Waals surface area (Å²) in [5.74, 6) is 2.25. The monoisotopic (exact) mass is 245 g/mol. The molecule has 1 aliphatic rings. The predicted molar refractivity (Wildman–Crippen MR) is 66.8 cm³/mol. The third-order valence-corrected chi connectivity index (χ3v) is 2.88. The van der Waals surface area contributed by atoms with Gasteiger partial charge in [0.1, 0.15) is 5.69 Å². The number of nitrogen functional groups attached to an aromatic ring is 1. The minimum Gasteiger partial charge on any atom is -0.393 e. The number of amides is 1. The van der Waals surface area contributed by atoms with E-state index in [0.29, 0.717) is 12.2 Å². The van der Waals surface area contributed by atoms with E-state index in [2.05, 4.69) is 5.92 Å². The van der Waals surface area contributed by atoms with Crippen LogP contribution in [0.25, 0.3) is 0 Å². The van der Waals surface area contributed by atoms with Crippen LogP contribution in [0.15, 0.2) is 18.2 Å². The van der Waals surface area contributed by atoms with Gasteiger partial charge in [-0.1, -0.05) is 0 Å². The molecule has 1 atom stereocenters. The summed E-state index contributed by atoms with van der Waals surface area (Å²) in [6.07, 6.45) is 5.55. The second-order valence-corrected chi connectivity index (χ2v) is 4.07. The number of carbonyl (C=O) groups excluding carboxylic acids is 1. The van der Waals surface area contributed by atoms with Crippen LogP contribution < -0.4 is 10.6 Å². The van der Waals surface area contributed by atoms with E-state index in [1.807, 2.05) is 0 Å². The zero-order valence-corrected chi connectivity index (χ0v) is 9.50. The fourth-order valence-corrected chi connectivity index (χ4v) is 1.93. The Morgan fingerprint density at radius 2 is 2.28 bits per heavy atom. The van der Waals surface area contributed by atoms with E-state index in [0.717, 1.165) is 0 Å². The Morgan fingerprint density at radius 1 is 1.56 bits per heavy atom. The van der Waals surface area contributed by atoms with Crippen LogP contribution in [0.4, 0.5) is 17.1 Å². The summed E-state index contributed by atoms with van der Waals surface area (Å²) >= 11 is 0. The summed E-state index contributed by atoms with van der Waals surface area (Å²) in [5, 5.41) is 10.8. The lowest BCUT2D eigenvalue weighted by molar-refractivity contribution is -0.383. The van der Waals surface area contributed by atoms with Gasteiger partial charge in [-0.25, -0.2) is 0 Å². The first-order valence-corrected chi connectivity index (χ1v) is 5.33. The minimum atomic E-state index is -0.571. The molecule has 6 heteroatoms. The molecule has 0 aromatic heterocycles. The number of rotatable bonds is 2. The maximum Gasteiger partial charge on any atom is 0.294 e. The Bertz CT molecular complexity index is 562. The maximum absolute atomic E-state index is 11.7. The Kier molecular flexibility index (Phi) is 2.90. The third kappa shape index (κ3) is 1.98. The van der Waals surface area contributed by atoms with Crippen LogP contribution in [0.5, 0.6) is 0 Å². The third-order valence-electron chi connectivity index (χ3n) is 2.88. The van der Waals surface area contributed by atoms with E-state index in [-0.39, 0.29) is 29.6 Å². The van der Waals surface area contributed by atoms with Crippen molar-refractivity contribution in [3.05, 3.63) is 28.3 Å². The molecule has 0 aliphatic carbocycles. The van der Waals surface area contributed by atoms with Gasteiger partial charge in [0.05, 0.1) is 10.6 Å². The average molecular weight is 245 g/mol. The van der Waals surface area contributed by atoms with Crippen molar-refractivity contribution in [2.24, 2.45) is 5.92 Å². The second kappa shape index (κ2) is 4.37. The molecule has 0 spiro atoms. The quantitative estimate of drug-likeness (QED) is 0.366. The molecule has 1 saturated heterocycles. The van der Waals surface area contributed by atoms with Gasteiger partial charge < -0.3 is 10.6 Å². The zero-order chi connectivity index (χ0) is 13.3. The molecular formula is C12H11N3O3. The van der Waals surface area contributed by atoms with Crippen molar-refractivity contribution in [2.75, 3.05) is 17.2 Å². The Labute approximate surface area is 104 Å². The lowest BCUT2D eigenvalue weighted by Gasteiger charge is -2.15. The van der Waals surface area contributed by atoms with E-state index in [1.54, 1.807) is 6.07 Å². The van der Waals surface area contributed by atoms with Gasteiger partial charge >= 0.3 is 0 Å². The van der Waals surface area contributed by atoms with Gasteiger partial charge in [-0.05, 0) is 12.1 Å². The lowest BCUT2D eigenvalue weighted by atomic mass is 10.1. The van der Waals surface area contributed by atoms with Crippen molar-refractivity contribution in [3.8, 4) is 12.3 Å². The normalized spacial score (nSPS) is 18.7. The molecule has 1 heterocycles. The summed E-state index contributed by atoms with van der Waals surface area (Å²) < 4.78 is 0. The SMILES string of the molecule is C#CC1CC(=O)N(c2ccc(N)c([N+](=O)[O-])c2)C1. The molecule has 1 aliphatic heterocycles. The first-order chi connectivity index (χ1) is 8.52. The molecule has 6 nitrogen and oxygen atoms in total. The van der Waals surface area contributed by atoms with Crippen LogP contribution in [0.1, 0.15) is 6.42 Å². The number of anilines is 2. The Balaban J connectivity index is 2.35. The van der Waals surface area contributed by atoms with E-state index in [4.69, 9.17) is 12.2 Å². The predicted octanol–water partition coefficient (Wildman–Crippen LogP) is 1.16. The summed E-state index contributed by atoms with van der Waals surface area (Å²) in [6, 6.07) is 4.30. The summed E-state index contributed by atoms with van der Waals surface area (Å²) in [7, 11) is 0. The minimum absolute atomic E-state index is 0.0731. The number of nitro benzene ring substituents is 1. The van der Waals surface area contributed by atoms with E-state index >= 15 is 0 Å². The lowest BCUT2D eigenvalue weighted by Crippen LogP contribution is -2.24. The number of hydrogen-bond donors (Lipinski definition) is 1. The largest absolute Gasteiger partial charge is 0.393 e. The van der Waals surface area contributed by atoms with Crippen molar-refractivity contribution in [2.45, 2.75) is 6.42 Å². The fraction of sp³-hybridized carbons (Fsp3) is 0.250. The summed E-state index contributed by atoms with van der Waals surface area (Å²) in [4.78, 5) is 23.4. The molecule has 2 N–H and O–H groups in total. The number of nitrogens with two attached hydrogens (primary N) is 1. The zero-order valence-electron chi connectivity index (χ0n) is 9.50. The molecule has 1 amide bonds. The van der Waals surface area contributed by atoms with E-state index in [1.165, 1.54) is 17.0 Å². The Hall–Kier alpha value is -2.55. The van der Waals surface area contributed by atoms with Crippen molar-refractivity contribution < 1.29 is 9.72 Å². The van der Waals surface area contributed by atoms with Crippen LogP contribution in [-0.2, 0) is 4.79 Å². The van der Waals surface area contributed by atoms with Gasteiger partial charge in [-0.2, -0.15) is 0 Å². The first kappa shape index (κ1) is 11.9. The number of carbonyl (C=O) groups is 1. The fourth-order valence-electron chi connectivity index (χ4n) is 1.93. The smallest absolute Gasteiger partial charge is 0.294 e. The van der Waals surface area contributed by atoms with Gasteiger partial charge in [0.2, 0.25) is 5.91 Å². The molecule has 1 aromatic carbocycles. The van der Waals surface area contributed by atoms with Gasteiger partial charge in [0, 0.05) is 24.9 Å². The van der Waals surface area contributed by atoms with Gasteiger partial charge in [-0.15, -0.1) is 12.3 Å². The Morgan fingerprint density at radius 3 is 2.83 bits per heavy atom.